The summed E-state index contributed by atoms with van der Waals surface area (Å²) < 4.78 is 0. The summed E-state index contributed by atoms with van der Waals surface area (Å²) in [5.74, 6) is -0.00857. The standard InChI is InChI=1S/C22H15N5O/c28-22-16-6-7-17(19-8-10-23-13-25-19)21(20-9-11-24-14-26-20)18(16)12-27(22)15-4-2-1-3-5-15/h1-11,13-14H,12H2. The molecule has 0 N–H and O–H groups in total. The van der Waals surface area contributed by atoms with E-state index in [1.54, 1.807) is 17.3 Å². The van der Waals surface area contributed by atoms with E-state index in [4.69, 9.17) is 0 Å². The molecule has 2 aromatic carbocycles. The molecule has 1 aliphatic rings. The first kappa shape index (κ1) is 16.3. The van der Waals surface area contributed by atoms with Gasteiger partial charge in [-0.1, -0.05) is 24.3 Å². The van der Waals surface area contributed by atoms with Crippen LogP contribution in [-0.2, 0) is 6.54 Å². The number of benzene rings is 2. The highest BCUT2D eigenvalue weighted by Crippen LogP contribution is 2.39. The summed E-state index contributed by atoms with van der Waals surface area (Å²) in [5.41, 5.74) is 5.90. The maximum absolute atomic E-state index is 13.1. The van der Waals surface area contributed by atoms with Crippen molar-refractivity contribution in [2.24, 2.45) is 0 Å². The van der Waals surface area contributed by atoms with Crippen LogP contribution in [0, 0.1) is 0 Å². The summed E-state index contributed by atoms with van der Waals surface area (Å²) in [7, 11) is 0. The zero-order valence-electron chi connectivity index (χ0n) is 14.9. The first-order chi connectivity index (χ1) is 13.8. The van der Waals surface area contributed by atoms with Gasteiger partial charge in [-0.05, 0) is 35.9 Å². The second-order valence-corrected chi connectivity index (χ2v) is 6.43. The van der Waals surface area contributed by atoms with E-state index >= 15 is 0 Å². The van der Waals surface area contributed by atoms with Gasteiger partial charge in [-0.3, -0.25) is 4.79 Å². The van der Waals surface area contributed by atoms with Crippen molar-refractivity contribution in [1.82, 2.24) is 19.9 Å². The maximum atomic E-state index is 13.1. The molecular weight excluding hydrogens is 350 g/mol. The topological polar surface area (TPSA) is 71.9 Å². The lowest BCUT2D eigenvalue weighted by Gasteiger charge is -2.16. The minimum absolute atomic E-state index is 0.00857. The van der Waals surface area contributed by atoms with Gasteiger partial charge >= 0.3 is 0 Å². The Labute approximate surface area is 161 Å². The van der Waals surface area contributed by atoms with Gasteiger partial charge in [-0.15, -0.1) is 0 Å². The Bertz CT molecular complexity index is 1150. The molecule has 1 aliphatic heterocycles. The number of nitrogens with zero attached hydrogens (tertiary/aromatic N) is 5. The van der Waals surface area contributed by atoms with E-state index in [0.29, 0.717) is 12.1 Å². The van der Waals surface area contributed by atoms with Crippen molar-refractivity contribution < 1.29 is 4.79 Å². The molecule has 6 heteroatoms. The van der Waals surface area contributed by atoms with Gasteiger partial charge in [0.25, 0.3) is 5.91 Å². The van der Waals surface area contributed by atoms with Crippen LogP contribution >= 0.6 is 0 Å². The third-order valence-electron chi connectivity index (χ3n) is 4.87. The van der Waals surface area contributed by atoms with E-state index in [-0.39, 0.29) is 5.91 Å². The van der Waals surface area contributed by atoms with Crippen LogP contribution in [0.1, 0.15) is 15.9 Å². The van der Waals surface area contributed by atoms with Gasteiger partial charge < -0.3 is 4.90 Å². The Morgan fingerprint density at radius 2 is 1.43 bits per heavy atom. The minimum Gasteiger partial charge on any atom is -0.304 e. The smallest absolute Gasteiger partial charge is 0.258 e. The second-order valence-electron chi connectivity index (χ2n) is 6.43. The summed E-state index contributed by atoms with van der Waals surface area (Å²) in [4.78, 5) is 31.8. The van der Waals surface area contributed by atoms with Crippen LogP contribution in [0.2, 0.25) is 0 Å². The number of para-hydroxylation sites is 1. The molecule has 1 amide bonds. The molecule has 5 rings (SSSR count). The van der Waals surface area contributed by atoms with E-state index in [1.807, 2.05) is 54.6 Å². The van der Waals surface area contributed by atoms with E-state index in [9.17, 15) is 4.79 Å². The lowest BCUT2D eigenvalue weighted by molar-refractivity contribution is 0.0996. The largest absolute Gasteiger partial charge is 0.304 e. The average molecular weight is 365 g/mol. The molecule has 0 fully saturated rings. The Morgan fingerprint density at radius 3 is 2.11 bits per heavy atom. The molecule has 4 aromatic rings. The molecule has 134 valence electrons. The highest BCUT2D eigenvalue weighted by molar-refractivity contribution is 6.12. The molecule has 0 radical (unpaired) electrons. The van der Waals surface area contributed by atoms with Crippen LogP contribution in [-0.4, -0.2) is 25.8 Å². The fourth-order valence-corrected chi connectivity index (χ4v) is 3.60. The van der Waals surface area contributed by atoms with Gasteiger partial charge in [0.1, 0.15) is 12.7 Å². The second kappa shape index (κ2) is 6.66. The number of hydrogen-bond acceptors (Lipinski definition) is 5. The van der Waals surface area contributed by atoms with Gasteiger partial charge in [-0.2, -0.15) is 0 Å². The summed E-state index contributed by atoms with van der Waals surface area (Å²) in [6.45, 7) is 0.483. The van der Waals surface area contributed by atoms with E-state index in [0.717, 1.165) is 33.8 Å². The van der Waals surface area contributed by atoms with Crippen molar-refractivity contribution in [3.63, 3.8) is 0 Å². The molecule has 3 heterocycles. The van der Waals surface area contributed by atoms with E-state index in [1.165, 1.54) is 12.7 Å². The van der Waals surface area contributed by atoms with Crippen molar-refractivity contribution in [3.05, 3.63) is 90.8 Å². The van der Waals surface area contributed by atoms with E-state index < -0.39 is 0 Å². The maximum Gasteiger partial charge on any atom is 0.258 e. The molecule has 0 saturated carbocycles. The highest BCUT2D eigenvalue weighted by Gasteiger charge is 2.32. The van der Waals surface area contributed by atoms with Crippen molar-refractivity contribution in [1.29, 1.82) is 0 Å². The number of aromatic nitrogens is 4. The van der Waals surface area contributed by atoms with Crippen molar-refractivity contribution in [2.45, 2.75) is 6.54 Å². The number of fused-ring (bicyclic) bond motifs is 1. The van der Waals surface area contributed by atoms with Gasteiger partial charge in [0, 0.05) is 34.8 Å². The zero-order valence-corrected chi connectivity index (χ0v) is 14.9. The molecule has 0 bridgehead atoms. The molecule has 28 heavy (non-hydrogen) atoms. The number of amides is 1. The molecule has 6 nitrogen and oxygen atoms in total. The lowest BCUT2D eigenvalue weighted by Crippen LogP contribution is -2.22. The van der Waals surface area contributed by atoms with Crippen LogP contribution in [0.5, 0.6) is 0 Å². The minimum atomic E-state index is -0.00857. The van der Waals surface area contributed by atoms with Gasteiger partial charge in [-0.25, -0.2) is 19.9 Å². The third kappa shape index (κ3) is 2.63. The molecule has 0 atom stereocenters. The lowest BCUT2D eigenvalue weighted by atomic mass is 9.93. The predicted molar refractivity (Wildman–Crippen MR) is 105 cm³/mol. The Kier molecular flexibility index (Phi) is 3.87. The number of carbonyl (C=O) groups excluding carboxylic acids is 1. The van der Waals surface area contributed by atoms with Crippen LogP contribution in [0.25, 0.3) is 22.5 Å². The normalized spacial score (nSPS) is 12.9. The molecule has 0 aliphatic carbocycles. The molecule has 0 spiro atoms. The fourth-order valence-electron chi connectivity index (χ4n) is 3.60. The van der Waals surface area contributed by atoms with Gasteiger partial charge in [0.2, 0.25) is 0 Å². The molecular formula is C22H15N5O. The van der Waals surface area contributed by atoms with Crippen LogP contribution < -0.4 is 4.90 Å². The zero-order chi connectivity index (χ0) is 18.9. The summed E-state index contributed by atoms with van der Waals surface area (Å²) in [6, 6.07) is 17.2. The van der Waals surface area contributed by atoms with Crippen LogP contribution in [0.3, 0.4) is 0 Å². The fraction of sp³-hybridized carbons (Fsp3) is 0.0455. The average Bonchev–Trinajstić information content (AvgIpc) is 3.11. The summed E-state index contributed by atoms with van der Waals surface area (Å²) >= 11 is 0. The molecule has 0 saturated heterocycles. The number of anilines is 1. The Hall–Kier alpha value is -3.93. The van der Waals surface area contributed by atoms with Crippen molar-refractivity contribution in [3.8, 4) is 22.5 Å². The number of carbonyl (C=O) groups is 1. The Balaban J connectivity index is 1.72. The predicted octanol–water partition coefficient (Wildman–Crippen LogP) is 3.76. The van der Waals surface area contributed by atoms with Gasteiger partial charge in [0.15, 0.2) is 0 Å². The first-order valence-corrected chi connectivity index (χ1v) is 8.88. The van der Waals surface area contributed by atoms with E-state index in [2.05, 4.69) is 19.9 Å². The molecule has 2 aromatic heterocycles. The van der Waals surface area contributed by atoms with Gasteiger partial charge in [0.05, 0.1) is 17.9 Å². The molecule has 0 unspecified atom stereocenters. The number of rotatable bonds is 3. The highest BCUT2D eigenvalue weighted by atomic mass is 16.2. The SMILES string of the molecule is O=C1c2ccc(-c3ccncn3)c(-c3ccncn3)c2CN1c1ccccc1. The monoisotopic (exact) mass is 365 g/mol. The van der Waals surface area contributed by atoms with Crippen molar-refractivity contribution >= 4 is 11.6 Å². The first-order valence-electron chi connectivity index (χ1n) is 8.88. The summed E-state index contributed by atoms with van der Waals surface area (Å²) in [6.07, 6.45) is 6.45. The van der Waals surface area contributed by atoms with Crippen LogP contribution in [0.4, 0.5) is 5.69 Å². The quantitative estimate of drug-likeness (QED) is 0.553. The van der Waals surface area contributed by atoms with Crippen LogP contribution in [0.15, 0.2) is 79.6 Å². The van der Waals surface area contributed by atoms with Crippen molar-refractivity contribution in [2.75, 3.05) is 4.90 Å². The summed E-state index contributed by atoms with van der Waals surface area (Å²) in [5, 5.41) is 0. The Morgan fingerprint density at radius 1 is 0.750 bits per heavy atom. The third-order valence-corrected chi connectivity index (χ3v) is 4.87. The number of hydrogen-bond donors (Lipinski definition) is 0.